The quantitative estimate of drug-likeness (QED) is 0.661. The van der Waals surface area contributed by atoms with Crippen molar-refractivity contribution in [1.82, 2.24) is 10.4 Å². The van der Waals surface area contributed by atoms with Crippen molar-refractivity contribution in [3.05, 3.63) is 64.5 Å². The van der Waals surface area contributed by atoms with Crippen LogP contribution >= 0.6 is 0 Å². The zero-order valence-electron chi connectivity index (χ0n) is 10.7. The number of nitrogens with two attached hydrogens (primary N) is 1. The Morgan fingerprint density at radius 1 is 1.21 bits per heavy atom. The second kappa shape index (κ2) is 5.42. The van der Waals surface area contributed by atoms with E-state index in [9.17, 15) is 8.78 Å². The average molecular weight is 263 g/mol. The fourth-order valence-corrected chi connectivity index (χ4v) is 2.20. The molecule has 2 aromatic rings. The average Bonchev–Trinajstić information content (AvgIpc) is 2.34. The number of rotatable bonds is 3. The molecule has 1 atom stereocenters. The van der Waals surface area contributed by atoms with E-state index in [4.69, 9.17) is 5.84 Å². The molecule has 1 unspecified atom stereocenters. The van der Waals surface area contributed by atoms with Crippen LogP contribution in [0.2, 0.25) is 0 Å². The molecule has 0 aliphatic heterocycles. The molecule has 2 rings (SSSR count). The fourth-order valence-electron chi connectivity index (χ4n) is 2.20. The Labute approximate surface area is 110 Å². The number of nitrogens with one attached hydrogen (secondary N) is 1. The van der Waals surface area contributed by atoms with Gasteiger partial charge in [0.05, 0.1) is 11.7 Å². The minimum atomic E-state index is -0.818. The van der Waals surface area contributed by atoms with Crippen LogP contribution in [0.15, 0.2) is 30.5 Å². The van der Waals surface area contributed by atoms with Crippen molar-refractivity contribution < 1.29 is 8.78 Å². The van der Waals surface area contributed by atoms with E-state index in [0.717, 1.165) is 5.56 Å². The third kappa shape index (κ3) is 2.62. The van der Waals surface area contributed by atoms with Crippen molar-refractivity contribution in [3.8, 4) is 0 Å². The SMILES string of the molecule is Cc1cc(C)c(C(NN)c2ncccc2F)c(F)c1. The van der Waals surface area contributed by atoms with Crippen molar-refractivity contribution >= 4 is 0 Å². The van der Waals surface area contributed by atoms with Gasteiger partial charge in [0.2, 0.25) is 0 Å². The number of benzene rings is 1. The molecule has 3 nitrogen and oxygen atoms in total. The Hall–Kier alpha value is -1.85. The summed E-state index contributed by atoms with van der Waals surface area (Å²) in [4.78, 5) is 3.95. The van der Waals surface area contributed by atoms with Crippen molar-refractivity contribution in [2.24, 2.45) is 5.84 Å². The van der Waals surface area contributed by atoms with E-state index in [-0.39, 0.29) is 5.69 Å². The van der Waals surface area contributed by atoms with E-state index < -0.39 is 17.7 Å². The first-order valence-electron chi connectivity index (χ1n) is 5.87. The summed E-state index contributed by atoms with van der Waals surface area (Å²) in [6.45, 7) is 3.56. The molecule has 100 valence electrons. The van der Waals surface area contributed by atoms with E-state index in [1.54, 1.807) is 13.8 Å². The van der Waals surface area contributed by atoms with Crippen LogP contribution in [0.5, 0.6) is 0 Å². The van der Waals surface area contributed by atoms with Crippen LogP contribution in [-0.4, -0.2) is 4.98 Å². The fraction of sp³-hybridized carbons (Fsp3) is 0.214. The van der Waals surface area contributed by atoms with Gasteiger partial charge in [0.1, 0.15) is 11.6 Å². The van der Waals surface area contributed by atoms with Gasteiger partial charge < -0.3 is 0 Å². The third-order valence-corrected chi connectivity index (χ3v) is 3.00. The molecule has 0 aliphatic carbocycles. The normalized spacial score (nSPS) is 12.5. The second-order valence-corrected chi connectivity index (χ2v) is 4.45. The molecule has 5 heteroatoms. The monoisotopic (exact) mass is 263 g/mol. The van der Waals surface area contributed by atoms with Gasteiger partial charge in [-0.2, -0.15) is 0 Å². The zero-order valence-corrected chi connectivity index (χ0v) is 10.7. The maximum Gasteiger partial charge on any atom is 0.146 e. The number of aromatic nitrogens is 1. The standard InChI is InChI=1S/C14H15F2N3/c1-8-6-9(2)12(11(16)7-8)14(19-17)13-10(15)4-3-5-18-13/h3-7,14,19H,17H2,1-2H3. The first-order valence-corrected chi connectivity index (χ1v) is 5.87. The van der Waals surface area contributed by atoms with Crippen molar-refractivity contribution in [2.45, 2.75) is 19.9 Å². The van der Waals surface area contributed by atoms with Crippen LogP contribution in [0.25, 0.3) is 0 Å². The van der Waals surface area contributed by atoms with Crippen LogP contribution in [0, 0.1) is 25.5 Å². The molecule has 1 aromatic heterocycles. The second-order valence-electron chi connectivity index (χ2n) is 4.45. The molecule has 3 N–H and O–H groups in total. The van der Waals surface area contributed by atoms with E-state index >= 15 is 0 Å². The lowest BCUT2D eigenvalue weighted by atomic mass is 9.96. The highest BCUT2D eigenvalue weighted by molar-refractivity contribution is 5.38. The van der Waals surface area contributed by atoms with Gasteiger partial charge in [-0.05, 0) is 43.2 Å². The van der Waals surface area contributed by atoms with Gasteiger partial charge >= 0.3 is 0 Å². The minimum Gasteiger partial charge on any atom is -0.271 e. The summed E-state index contributed by atoms with van der Waals surface area (Å²) in [5.74, 6) is 4.51. The van der Waals surface area contributed by atoms with Crippen molar-refractivity contribution in [2.75, 3.05) is 0 Å². The van der Waals surface area contributed by atoms with Crippen LogP contribution in [0.1, 0.15) is 28.4 Å². The highest BCUT2D eigenvalue weighted by Gasteiger charge is 2.23. The van der Waals surface area contributed by atoms with Crippen LogP contribution < -0.4 is 11.3 Å². The first-order chi connectivity index (χ1) is 9.04. The molecule has 0 bridgehead atoms. The van der Waals surface area contributed by atoms with E-state index in [2.05, 4.69) is 10.4 Å². The predicted octanol–water partition coefficient (Wildman–Crippen LogP) is 2.53. The predicted molar refractivity (Wildman–Crippen MR) is 69.2 cm³/mol. The van der Waals surface area contributed by atoms with E-state index in [1.165, 1.54) is 24.4 Å². The van der Waals surface area contributed by atoms with Gasteiger partial charge in [0.15, 0.2) is 0 Å². The maximum absolute atomic E-state index is 14.1. The lowest BCUT2D eigenvalue weighted by Crippen LogP contribution is -2.31. The Kier molecular flexibility index (Phi) is 3.87. The first kappa shape index (κ1) is 13.6. The summed E-state index contributed by atoms with van der Waals surface area (Å²) in [5, 5.41) is 0. The molecule has 0 saturated carbocycles. The summed E-state index contributed by atoms with van der Waals surface area (Å²) >= 11 is 0. The highest BCUT2D eigenvalue weighted by atomic mass is 19.1. The van der Waals surface area contributed by atoms with Crippen molar-refractivity contribution in [1.29, 1.82) is 0 Å². The van der Waals surface area contributed by atoms with Crippen LogP contribution in [0.3, 0.4) is 0 Å². The number of hydrogen-bond donors (Lipinski definition) is 2. The van der Waals surface area contributed by atoms with E-state index in [1.807, 2.05) is 6.07 Å². The van der Waals surface area contributed by atoms with Gasteiger partial charge in [-0.3, -0.25) is 10.8 Å². The molecular weight excluding hydrogens is 248 g/mol. The highest BCUT2D eigenvalue weighted by Crippen LogP contribution is 2.27. The van der Waals surface area contributed by atoms with Gasteiger partial charge in [-0.15, -0.1) is 0 Å². The molecule has 0 spiro atoms. The number of hydrogen-bond acceptors (Lipinski definition) is 3. The molecular formula is C14H15F2N3. The number of halogens is 2. The maximum atomic E-state index is 14.1. The summed E-state index contributed by atoms with van der Waals surface area (Å²) in [6.07, 6.45) is 1.45. The van der Waals surface area contributed by atoms with Crippen molar-refractivity contribution in [3.63, 3.8) is 0 Å². The summed E-state index contributed by atoms with van der Waals surface area (Å²) in [7, 11) is 0. The molecule has 1 heterocycles. The largest absolute Gasteiger partial charge is 0.271 e. The summed E-state index contributed by atoms with van der Waals surface area (Å²) in [6, 6.07) is 5.15. The van der Waals surface area contributed by atoms with Crippen LogP contribution in [0.4, 0.5) is 8.78 Å². The number of pyridine rings is 1. The Balaban J connectivity index is 2.58. The Morgan fingerprint density at radius 3 is 2.53 bits per heavy atom. The van der Waals surface area contributed by atoms with Gasteiger partial charge in [0, 0.05) is 11.8 Å². The van der Waals surface area contributed by atoms with Crippen LogP contribution in [-0.2, 0) is 0 Å². The lowest BCUT2D eigenvalue weighted by Gasteiger charge is -2.19. The molecule has 0 aliphatic rings. The molecule has 19 heavy (non-hydrogen) atoms. The topological polar surface area (TPSA) is 50.9 Å². The molecule has 1 aromatic carbocycles. The molecule has 0 saturated heterocycles. The minimum absolute atomic E-state index is 0.0795. The Morgan fingerprint density at radius 2 is 1.95 bits per heavy atom. The smallest absolute Gasteiger partial charge is 0.146 e. The van der Waals surface area contributed by atoms with Gasteiger partial charge in [0.25, 0.3) is 0 Å². The Bertz CT molecular complexity index is 576. The molecule has 0 radical (unpaired) electrons. The molecule has 0 fully saturated rings. The molecule has 0 amide bonds. The number of nitrogens with zero attached hydrogens (tertiary/aromatic N) is 1. The van der Waals surface area contributed by atoms with E-state index in [0.29, 0.717) is 11.1 Å². The summed E-state index contributed by atoms with van der Waals surface area (Å²) < 4.78 is 27.9. The number of hydrazine groups is 1. The zero-order chi connectivity index (χ0) is 14.0. The summed E-state index contributed by atoms with van der Waals surface area (Å²) in [5.41, 5.74) is 4.33. The van der Waals surface area contributed by atoms with Gasteiger partial charge in [-0.25, -0.2) is 14.2 Å². The van der Waals surface area contributed by atoms with Gasteiger partial charge in [-0.1, -0.05) is 6.07 Å². The lowest BCUT2D eigenvalue weighted by molar-refractivity contribution is 0.516. The third-order valence-electron chi connectivity index (χ3n) is 3.00. The number of aryl methyl sites for hydroxylation is 2.